The summed E-state index contributed by atoms with van der Waals surface area (Å²) in [6.07, 6.45) is 0. The van der Waals surface area contributed by atoms with Gasteiger partial charge in [-0.1, -0.05) is 42.0 Å². The van der Waals surface area contributed by atoms with Crippen LogP contribution in [0.1, 0.15) is 49.5 Å². The van der Waals surface area contributed by atoms with Crippen molar-refractivity contribution in [1.82, 2.24) is 10.6 Å². The second-order valence-corrected chi connectivity index (χ2v) is 6.28. The van der Waals surface area contributed by atoms with E-state index in [-0.39, 0.29) is 24.0 Å². The van der Waals surface area contributed by atoms with Gasteiger partial charge in [-0.15, -0.1) is 0 Å². The van der Waals surface area contributed by atoms with E-state index >= 15 is 0 Å². The Morgan fingerprint density at radius 1 is 0.880 bits per heavy atom. The average Bonchev–Trinajstić information content (AvgIpc) is 2.54. The van der Waals surface area contributed by atoms with Crippen LogP contribution in [0, 0.1) is 6.92 Å². The third kappa shape index (κ3) is 5.64. The fourth-order valence-electron chi connectivity index (χ4n) is 2.55. The largest absolute Gasteiger partial charge is 0.332 e. The standard InChI is InChI=1S/C20H25N3O2/c1-13-8-10-17(11-9-13)14(2)21-20(25)22-15(3)18-6-5-7-19(12-18)23-16(4)24/h5-12,14-15H,1-4H3,(H,23,24)(H2,21,22,25)/t14-,15+/m1/s1. The van der Waals surface area contributed by atoms with Gasteiger partial charge in [-0.25, -0.2) is 4.79 Å². The van der Waals surface area contributed by atoms with Crippen LogP contribution in [0.4, 0.5) is 10.5 Å². The summed E-state index contributed by atoms with van der Waals surface area (Å²) in [7, 11) is 0. The van der Waals surface area contributed by atoms with Gasteiger partial charge in [0.2, 0.25) is 5.91 Å². The number of hydrogen-bond acceptors (Lipinski definition) is 2. The summed E-state index contributed by atoms with van der Waals surface area (Å²) in [5, 5.41) is 8.61. The summed E-state index contributed by atoms with van der Waals surface area (Å²) in [6, 6.07) is 15.0. The maximum absolute atomic E-state index is 12.2. The van der Waals surface area contributed by atoms with E-state index in [9.17, 15) is 9.59 Å². The average molecular weight is 339 g/mol. The van der Waals surface area contributed by atoms with Crippen LogP contribution < -0.4 is 16.0 Å². The molecular formula is C20H25N3O2. The number of carbonyl (C=O) groups is 2. The molecule has 0 heterocycles. The summed E-state index contributed by atoms with van der Waals surface area (Å²) >= 11 is 0. The number of carbonyl (C=O) groups excluding carboxylic acids is 2. The highest BCUT2D eigenvalue weighted by Gasteiger charge is 2.13. The van der Waals surface area contributed by atoms with Gasteiger partial charge in [0.1, 0.15) is 0 Å². The van der Waals surface area contributed by atoms with Crippen molar-refractivity contribution in [2.45, 2.75) is 39.8 Å². The molecule has 132 valence electrons. The second-order valence-electron chi connectivity index (χ2n) is 6.28. The quantitative estimate of drug-likeness (QED) is 0.768. The predicted molar refractivity (Wildman–Crippen MR) is 100 cm³/mol. The lowest BCUT2D eigenvalue weighted by molar-refractivity contribution is -0.114. The van der Waals surface area contributed by atoms with E-state index in [2.05, 4.69) is 16.0 Å². The lowest BCUT2D eigenvalue weighted by Gasteiger charge is -2.19. The highest BCUT2D eigenvalue weighted by molar-refractivity contribution is 5.88. The normalized spacial score (nSPS) is 12.8. The Kier molecular flexibility index (Phi) is 6.17. The molecule has 2 aromatic carbocycles. The molecule has 0 aliphatic carbocycles. The van der Waals surface area contributed by atoms with Gasteiger partial charge in [0.05, 0.1) is 12.1 Å². The van der Waals surface area contributed by atoms with Gasteiger partial charge in [0.15, 0.2) is 0 Å². The molecular weight excluding hydrogens is 314 g/mol. The van der Waals surface area contributed by atoms with Crippen LogP contribution in [0.5, 0.6) is 0 Å². The maximum atomic E-state index is 12.2. The molecule has 0 spiro atoms. The van der Waals surface area contributed by atoms with Crippen molar-refractivity contribution in [1.29, 1.82) is 0 Å². The molecule has 3 N–H and O–H groups in total. The lowest BCUT2D eigenvalue weighted by Crippen LogP contribution is -2.38. The van der Waals surface area contributed by atoms with Crippen LogP contribution in [0.3, 0.4) is 0 Å². The third-order valence-electron chi connectivity index (χ3n) is 3.98. The van der Waals surface area contributed by atoms with Crippen molar-refractivity contribution in [3.05, 3.63) is 65.2 Å². The Balaban J connectivity index is 1.95. The SMILES string of the molecule is CC(=O)Nc1cccc([C@H](C)NC(=O)N[C@H](C)c2ccc(C)cc2)c1. The minimum absolute atomic E-state index is 0.0847. The second kappa shape index (κ2) is 8.33. The molecule has 0 bridgehead atoms. The maximum Gasteiger partial charge on any atom is 0.315 e. The van der Waals surface area contributed by atoms with Crippen molar-refractivity contribution in [2.75, 3.05) is 5.32 Å². The van der Waals surface area contributed by atoms with Gasteiger partial charge in [0, 0.05) is 12.6 Å². The first-order valence-electron chi connectivity index (χ1n) is 8.36. The molecule has 25 heavy (non-hydrogen) atoms. The summed E-state index contributed by atoms with van der Waals surface area (Å²) in [5.74, 6) is -0.123. The molecule has 0 saturated heterocycles. The topological polar surface area (TPSA) is 70.2 Å². The molecule has 5 nitrogen and oxygen atoms in total. The fourth-order valence-corrected chi connectivity index (χ4v) is 2.55. The molecule has 2 rings (SSSR count). The van der Waals surface area contributed by atoms with Crippen LogP contribution in [0.2, 0.25) is 0 Å². The highest BCUT2D eigenvalue weighted by atomic mass is 16.2. The third-order valence-corrected chi connectivity index (χ3v) is 3.98. The number of hydrogen-bond donors (Lipinski definition) is 3. The zero-order valence-corrected chi connectivity index (χ0v) is 15.1. The first-order chi connectivity index (χ1) is 11.8. The zero-order chi connectivity index (χ0) is 18.4. The fraction of sp³-hybridized carbons (Fsp3) is 0.300. The first kappa shape index (κ1) is 18.5. The van der Waals surface area contributed by atoms with Gasteiger partial charge in [-0.2, -0.15) is 0 Å². The van der Waals surface area contributed by atoms with Gasteiger partial charge < -0.3 is 16.0 Å². The highest BCUT2D eigenvalue weighted by Crippen LogP contribution is 2.18. The number of aryl methyl sites for hydroxylation is 1. The number of urea groups is 1. The Hall–Kier alpha value is -2.82. The summed E-state index contributed by atoms with van der Waals surface area (Å²) in [4.78, 5) is 23.4. The minimum Gasteiger partial charge on any atom is -0.332 e. The molecule has 2 aromatic rings. The Morgan fingerprint density at radius 3 is 2.08 bits per heavy atom. The minimum atomic E-state index is -0.231. The van der Waals surface area contributed by atoms with Crippen LogP contribution in [0.15, 0.2) is 48.5 Å². The number of rotatable bonds is 5. The Labute approximate surface area is 148 Å². The lowest BCUT2D eigenvalue weighted by atomic mass is 10.1. The number of nitrogens with one attached hydrogen (secondary N) is 3. The van der Waals surface area contributed by atoms with Crippen LogP contribution in [-0.4, -0.2) is 11.9 Å². The number of benzene rings is 2. The number of amides is 3. The van der Waals surface area contributed by atoms with E-state index in [1.165, 1.54) is 12.5 Å². The van der Waals surface area contributed by atoms with E-state index in [0.29, 0.717) is 5.69 Å². The van der Waals surface area contributed by atoms with E-state index in [0.717, 1.165) is 11.1 Å². The van der Waals surface area contributed by atoms with Crippen molar-refractivity contribution in [2.24, 2.45) is 0 Å². The smallest absolute Gasteiger partial charge is 0.315 e. The van der Waals surface area contributed by atoms with E-state index in [1.54, 1.807) is 0 Å². The van der Waals surface area contributed by atoms with E-state index in [1.807, 2.05) is 69.3 Å². The van der Waals surface area contributed by atoms with Crippen LogP contribution >= 0.6 is 0 Å². The first-order valence-corrected chi connectivity index (χ1v) is 8.36. The van der Waals surface area contributed by atoms with E-state index < -0.39 is 0 Å². The summed E-state index contributed by atoms with van der Waals surface area (Å²) in [5.41, 5.74) is 3.88. The molecule has 5 heteroatoms. The molecule has 2 atom stereocenters. The van der Waals surface area contributed by atoms with Crippen molar-refractivity contribution in [3.8, 4) is 0 Å². The summed E-state index contributed by atoms with van der Waals surface area (Å²) < 4.78 is 0. The Bertz CT molecular complexity index is 741. The molecule has 0 aliphatic heterocycles. The predicted octanol–water partition coefficient (Wildman–Crippen LogP) is 4.07. The van der Waals surface area contributed by atoms with E-state index in [4.69, 9.17) is 0 Å². The van der Waals surface area contributed by atoms with Gasteiger partial charge >= 0.3 is 6.03 Å². The molecule has 0 saturated carbocycles. The van der Waals surface area contributed by atoms with Crippen molar-refractivity contribution < 1.29 is 9.59 Å². The Morgan fingerprint density at radius 2 is 1.48 bits per heavy atom. The van der Waals surface area contributed by atoms with Crippen LogP contribution in [0.25, 0.3) is 0 Å². The number of anilines is 1. The van der Waals surface area contributed by atoms with Crippen molar-refractivity contribution in [3.63, 3.8) is 0 Å². The van der Waals surface area contributed by atoms with Crippen molar-refractivity contribution >= 4 is 17.6 Å². The van der Waals surface area contributed by atoms with Gasteiger partial charge in [0.25, 0.3) is 0 Å². The molecule has 0 fully saturated rings. The molecule has 0 aromatic heterocycles. The summed E-state index contributed by atoms with van der Waals surface area (Å²) in [6.45, 7) is 7.36. The monoisotopic (exact) mass is 339 g/mol. The molecule has 3 amide bonds. The molecule has 0 radical (unpaired) electrons. The van der Waals surface area contributed by atoms with Gasteiger partial charge in [-0.3, -0.25) is 4.79 Å². The zero-order valence-electron chi connectivity index (χ0n) is 15.1. The molecule has 0 unspecified atom stereocenters. The molecule has 0 aliphatic rings. The van der Waals surface area contributed by atoms with Crippen LogP contribution in [-0.2, 0) is 4.79 Å². The van der Waals surface area contributed by atoms with Gasteiger partial charge in [-0.05, 0) is 44.0 Å².